The lowest BCUT2D eigenvalue weighted by Crippen LogP contribution is -2.38. The molecule has 0 radical (unpaired) electrons. The average Bonchev–Trinajstić information content (AvgIpc) is 3.76. The van der Waals surface area contributed by atoms with Gasteiger partial charge in [0.15, 0.2) is 0 Å². The first kappa shape index (κ1) is 37.0. The number of hydrogen-bond acceptors (Lipinski definition) is 7. The minimum Gasteiger partial charge on any atom is -0.494 e. The van der Waals surface area contributed by atoms with Gasteiger partial charge < -0.3 is 34.5 Å². The lowest BCUT2D eigenvalue weighted by atomic mass is 9.96. The van der Waals surface area contributed by atoms with Gasteiger partial charge in [0.05, 0.1) is 35.6 Å². The summed E-state index contributed by atoms with van der Waals surface area (Å²) in [6, 6.07) is 33.7. The van der Waals surface area contributed by atoms with E-state index in [-0.39, 0.29) is 0 Å². The molecular weight excluding hydrogens is 645 g/mol. The molecule has 0 bridgehead atoms. The average molecular weight is 701 g/mol. The van der Waals surface area contributed by atoms with E-state index in [9.17, 15) is 0 Å². The van der Waals surface area contributed by atoms with Crippen LogP contribution in [0.4, 0.5) is 11.4 Å². The van der Waals surface area contributed by atoms with E-state index in [4.69, 9.17) is 14.5 Å². The highest BCUT2D eigenvalue weighted by Gasteiger charge is 2.36. The monoisotopic (exact) mass is 700 g/mol. The van der Waals surface area contributed by atoms with Crippen LogP contribution in [0.1, 0.15) is 52.5 Å². The Morgan fingerprint density at radius 3 is 1.77 bits per heavy atom. The molecule has 0 fully saturated rings. The van der Waals surface area contributed by atoms with E-state index in [2.05, 4.69) is 162 Å². The Balaban J connectivity index is 1.14. The Morgan fingerprint density at radius 1 is 0.654 bits per heavy atom. The predicted molar refractivity (Wildman–Crippen MR) is 217 cm³/mol. The van der Waals surface area contributed by atoms with Gasteiger partial charge in [0.2, 0.25) is 0 Å². The molecule has 2 heterocycles. The highest BCUT2D eigenvalue weighted by Crippen LogP contribution is 2.42. The number of benzene rings is 4. The Morgan fingerprint density at radius 2 is 1.19 bits per heavy atom. The largest absolute Gasteiger partial charge is 0.494 e. The van der Waals surface area contributed by atoms with Crippen LogP contribution in [0, 0.1) is 0 Å². The van der Waals surface area contributed by atoms with Gasteiger partial charge in [-0.2, -0.15) is 0 Å². The summed E-state index contributed by atoms with van der Waals surface area (Å²) in [5.41, 5.74) is 6.06. The van der Waals surface area contributed by atoms with E-state index in [1.165, 1.54) is 0 Å². The highest BCUT2D eigenvalue weighted by atomic mass is 16.5. The standard InChI is InChI=1S/C44H56N6O2/c1-5-48(6-2)30-15-33-51-37-25-21-35(22-26-37)43-45-41-19-11-12-20-42(41)50(43)32-14-13-29-44(46-39-17-9-10-18-40(39)47-44)36-23-27-38(28-24-36)52-34-16-31-49(7-3)8-4/h9-14,17-28,46-47H,5-8,15-16,29-34H2,1-4H3/b14-13-. The smallest absolute Gasteiger partial charge is 0.141 e. The van der Waals surface area contributed by atoms with E-state index < -0.39 is 5.66 Å². The molecule has 1 aliphatic heterocycles. The van der Waals surface area contributed by atoms with E-state index in [1.54, 1.807) is 0 Å². The molecule has 0 unspecified atom stereocenters. The molecule has 0 amide bonds. The molecule has 52 heavy (non-hydrogen) atoms. The highest BCUT2D eigenvalue weighted by molar-refractivity contribution is 5.81. The molecule has 6 rings (SSSR count). The van der Waals surface area contributed by atoms with Crippen molar-refractivity contribution in [3.8, 4) is 22.9 Å². The number of imidazole rings is 1. The number of nitrogens with one attached hydrogen (secondary N) is 2. The van der Waals surface area contributed by atoms with Crippen LogP contribution in [0.2, 0.25) is 0 Å². The third kappa shape index (κ3) is 8.98. The van der Waals surface area contributed by atoms with Crippen LogP contribution in [0.15, 0.2) is 109 Å². The molecule has 5 aromatic rings. The summed E-state index contributed by atoms with van der Waals surface area (Å²) in [6.07, 6.45) is 7.31. The number of hydrogen-bond donors (Lipinski definition) is 2. The van der Waals surface area contributed by atoms with Crippen molar-refractivity contribution in [3.05, 3.63) is 115 Å². The van der Waals surface area contributed by atoms with Gasteiger partial charge in [-0.05, 0) is 105 Å². The number of rotatable bonds is 20. The van der Waals surface area contributed by atoms with Crippen LogP contribution in [0.3, 0.4) is 0 Å². The van der Waals surface area contributed by atoms with Crippen LogP contribution in [-0.4, -0.2) is 71.8 Å². The van der Waals surface area contributed by atoms with E-state index >= 15 is 0 Å². The minimum atomic E-state index is -0.484. The lowest BCUT2D eigenvalue weighted by molar-refractivity contribution is 0.249. The van der Waals surface area contributed by atoms with E-state index in [1.807, 2.05) is 0 Å². The molecule has 1 aromatic heterocycles. The first-order valence-corrected chi connectivity index (χ1v) is 19.2. The maximum Gasteiger partial charge on any atom is 0.141 e. The minimum absolute atomic E-state index is 0.484. The third-order valence-corrected chi connectivity index (χ3v) is 10.2. The number of anilines is 2. The fourth-order valence-corrected chi connectivity index (χ4v) is 7.05. The van der Waals surface area contributed by atoms with E-state index in [0.29, 0.717) is 19.8 Å². The summed E-state index contributed by atoms with van der Waals surface area (Å²) >= 11 is 0. The molecule has 8 nitrogen and oxygen atoms in total. The first-order chi connectivity index (χ1) is 25.6. The zero-order chi connectivity index (χ0) is 36.2. The molecule has 0 saturated heterocycles. The van der Waals surface area contributed by atoms with Crippen molar-refractivity contribution in [1.82, 2.24) is 19.4 Å². The Kier molecular flexibility index (Phi) is 12.9. The van der Waals surface area contributed by atoms with Crippen molar-refractivity contribution in [2.45, 2.75) is 59.2 Å². The number of nitrogens with zero attached hydrogens (tertiary/aromatic N) is 4. The fraction of sp³-hybridized carbons (Fsp3) is 0.386. The molecule has 0 aliphatic carbocycles. The van der Waals surface area contributed by atoms with Crippen molar-refractivity contribution in [1.29, 1.82) is 0 Å². The summed E-state index contributed by atoms with van der Waals surface area (Å²) in [6.45, 7) is 17.4. The maximum absolute atomic E-state index is 6.13. The Bertz CT molecular complexity index is 1830. The van der Waals surface area contributed by atoms with Gasteiger partial charge in [0.1, 0.15) is 23.0 Å². The second-order valence-electron chi connectivity index (χ2n) is 13.4. The summed E-state index contributed by atoms with van der Waals surface area (Å²) < 4.78 is 14.5. The van der Waals surface area contributed by atoms with Gasteiger partial charge in [0, 0.05) is 31.6 Å². The topological polar surface area (TPSA) is 66.8 Å². The van der Waals surface area contributed by atoms with Crippen LogP contribution in [0.25, 0.3) is 22.4 Å². The number of ether oxygens (including phenoxy) is 2. The second-order valence-corrected chi connectivity index (χ2v) is 13.4. The Labute approximate surface area is 310 Å². The molecule has 0 atom stereocenters. The summed E-state index contributed by atoms with van der Waals surface area (Å²) in [5.74, 6) is 2.74. The van der Waals surface area contributed by atoms with Crippen molar-refractivity contribution in [3.63, 3.8) is 0 Å². The lowest BCUT2D eigenvalue weighted by Gasteiger charge is -2.31. The molecule has 0 spiro atoms. The van der Waals surface area contributed by atoms with Gasteiger partial charge in [-0.1, -0.05) is 76.2 Å². The second kappa shape index (κ2) is 18.1. The molecule has 274 valence electrons. The third-order valence-electron chi connectivity index (χ3n) is 10.2. The zero-order valence-electron chi connectivity index (χ0n) is 31.5. The van der Waals surface area contributed by atoms with Gasteiger partial charge in [0.25, 0.3) is 0 Å². The van der Waals surface area contributed by atoms with Crippen molar-refractivity contribution in [2.24, 2.45) is 0 Å². The maximum atomic E-state index is 6.13. The van der Waals surface area contributed by atoms with E-state index in [0.717, 1.165) is 109 Å². The molecule has 1 aliphatic rings. The van der Waals surface area contributed by atoms with Crippen molar-refractivity contribution < 1.29 is 9.47 Å². The van der Waals surface area contributed by atoms with Crippen LogP contribution >= 0.6 is 0 Å². The van der Waals surface area contributed by atoms with Crippen LogP contribution < -0.4 is 20.1 Å². The molecule has 4 aromatic carbocycles. The fourth-order valence-electron chi connectivity index (χ4n) is 7.05. The number of aromatic nitrogens is 2. The van der Waals surface area contributed by atoms with Crippen molar-refractivity contribution >= 4 is 22.4 Å². The summed E-state index contributed by atoms with van der Waals surface area (Å²) in [4.78, 5) is 9.92. The molecular formula is C44H56N6O2. The van der Waals surface area contributed by atoms with Gasteiger partial charge in [-0.25, -0.2) is 4.98 Å². The van der Waals surface area contributed by atoms with Gasteiger partial charge >= 0.3 is 0 Å². The molecule has 8 heteroatoms. The molecule has 0 saturated carbocycles. The van der Waals surface area contributed by atoms with Crippen molar-refractivity contribution in [2.75, 3.05) is 63.1 Å². The Hall–Kier alpha value is -4.79. The quantitative estimate of drug-likeness (QED) is 0.0620. The van der Waals surface area contributed by atoms with Gasteiger partial charge in [-0.3, -0.25) is 0 Å². The molecule has 2 N–H and O–H groups in total. The number of allylic oxidation sites excluding steroid dienone is 1. The first-order valence-electron chi connectivity index (χ1n) is 19.2. The summed E-state index contributed by atoms with van der Waals surface area (Å²) in [5, 5.41) is 7.63. The van der Waals surface area contributed by atoms with Gasteiger partial charge in [-0.15, -0.1) is 0 Å². The van der Waals surface area contributed by atoms with Crippen LogP contribution in [-0.2, 0) is 12.2 Å². The normalized spacial score (nSPS) is 13.5. The number of fused-ring (bicyclic) bond motifs is 2. The predicted octanol–water partition coefficient (Wildman–Crippen LogP) is 9.26. The number of para-hydroxylation sites is 4. The van der Waals surface area contributed by atoms with Crippen LogP contribution in [0.5, 0.6) is 11.5 Å². The zero-order valence-corrected chi connectivity index (χ0v) is 31.5. The SMILES string of the molecule is CCN(CC)CCCOc1ccc(-c2nc3ccccc3n2C/C=C\CC2(c3ccc(OCCCN(CC)CC)cc3)Nc3ccccc3N2)cc1. The summed E-state index contributed by atoms with van der Waals surface area (Å²) in [7, 11) is 0.